The van der Waals surface area contributed by atoms with E-state index >= 15 is 0 Å². The number of hydrogen-bond acceptors (Lipinski definition) is 2. The van der Waals surface area contributed by atoms with E-state index in [4.69, 9.17) is 5.73 Å². The van der Waals surface area contributed by atoms with Crippen molar-refractivity contribution in [1.29, 1.82) is 0 Å². The van der Waals surface area contributed by atoms with Crippen LogP contribution in [0.2, 0.25) is 0 Å². The number of carbonyl (C=O) groups is 1. The summed E-state index contributed by atoms with van der Waals surface area (Å²) in [6.45, 7) is 3.10. The van der Waals surface area contributed by atoms with Gasteiger partial charge in [0.1, 0.15) is 0 Å². The quantitative estimate of drug-likeness (QED) is 0.812. The summed E-state index contributed by atoms with van der Waals surface area (Å²) in [7, 11) is 0. The summed E-state index contributed by atoms with van der Waals surface area (Å²) < 4.78 is 37.3. The van der Waals surface area contributed by atoms with E-state index in [1.54, 1.807) is 0 Å². The third-order valence-corrected chi connectivity index (χ3v) is 3.30. The van der Waals surface area contributed by atoms with Crippen molar-refractivity contribution >= 4 is 5.91 Å². The lowest BCUT2D eigenvalue weighted by atomic mass is 9.99. The Kier molecular flexibility index (Phi) is 6.68. The molecule has 3 nitrogen and oxygen atoms in total. The van der Waals surface area contributed by atoms with Crippen LogP contribution in [-0.4, -0.2) is 19.0 Å². The first-order valence-electron chi connectivity index (χ1n) is 7.04. The minimum atomic E-state index is -4.39. The van der Waals surface area contributed by atoms with Gasteiger partial charge in [-0.2, -0.15) is 13.2 Å². The minimum absolute atomic E-state index is 0.228. The maximum Gasteiger partial charge on any atom is 0.416 e. The van der Waals surface area contributed by atoms with Gasteiger partial charge in [0.25, 0.3) is 5.91 Å². The van der Waals surface area contributed by atoms with Crippen LogP contribution in [0.15, 0.2) is 24.3 Å². The second kappa shape index (κ2) is 8.02. The highest BCUT2D eigenvalue weighted by Gasteiger charge is 2.30. The van der Waals surface area contributed by atoms with E-state index in [0.29, 0.717) is 19.0 Å². The SMILES string of the molecule is CCCC(CCN)CNC(=O)c1ccc(C(F)(F)F)cc1. The number of alkyl halides is 3. The van der Waals surface area contributed by atoms with Crippen LogP contribution in [0, 0.1) is 5.92 Å². The maximum atomic E-state index is 12.4. The molecule has 6 heteroatoms. The van der Waals surface area contributed by atoms with Crippen molar-refractivity contribution in [1.82, 2.24) is 5.32 Å². The Bertz CT molecular complexity index is 437. The van der Waals surface area contributed by atoms with Crippen molar-refractivity contribution in [3.63, 3.8) is 0 Å². The average Bonchev–Trinajstić information content (AvgIpc) is 2.44. The first-order chi connectivity index (χ1) is 9.88. The Balaban J connectivity index is 2.59. The molecule has 0 saturated heterocycles. The van der Waals surface area contributed by atoms with Crippen molar-refractivity contribution in [3.05, 3.63) is 35.4 Å². The molecule has 0 aromatic heterocycles. The molecule has 0 bridgehead atoms. The number of hydrogen-bond donors (Lipinski definition) is 2. The molecule has 1 rings (SSSR count). The summed E-state index contributed by atoms with van der Waals surface area (Å²) in [4.78, 5) is 11.9. The molecule has 1 atom stereocenters. The lowest BCUT2D eigenvalue weighted by Crippen LogP contribution is -2.30. The van der Waals surface area contributed by atoms with Crippen molar-refractivity contribution in [2.75, 3.05) is 13.1 Å². The molecule has 1 aromatic carbocycles. The molecule has 0 heterocycles. The molecule has 0 aliphatic rings. The number of amides is 1. The van der Waals surface area contributed by atoms with E-state index in [0.717, 1.165) is 31.4 Å². The lowest BCUT2D eigenvalue weighted by Gasteiger charge is -2.16. The molecule has 0 saturated carbocycles. The Labute approximate surface area is 122 Å². The molecular weight excluding hydrogens is 281 g/mol. The van der Waals surface area contributed by atoms with Crippen molar-refractivity contribution in [2.24, 2.45) is 11.7 Å². The summed E-state index contributed by atoms with van der Waals surface area (Å²) in [5.41, 5.74) is 4.98. The summed E-state index contributed by atoms with van der Waals surface area (Å²) in [5, 5.41) is 2.75. The summed E-state index contributed by atoms with van der Waals surface area (Å²) >= 11 is 0. The predicted molar refractivity (Wildman–Crippen MR) is 75.8 cm³/mol. The third-order valence-electron chi connectivity index (χ3n) is 3.30. The van der Waals surface area contributed by atoms with E-state index in [2.05, 4.69) is 12.2 Å². The maximum absolute atomic E-state index is 12.4. The van der Waals surface area contributed by atoms with Gasteiger partial charge in [-0.15, -0.1) is 0 Å². The average molecular weight is 302 g/mol. The van der Waals surface area contributed by atoms with Crippen LogP contribution >= 0.6 is 0 Å². The fourth-order valence-corrected chi connectivity index (χ4v) is 2.14. The molecule has 1 amide bonds. The molecule has 0 aliphatic heterocycles. The number of benzene rings is 1. The number of carbonyl (C=O) groups excluding carboxylic acids is 1. The largest absolute Gasteiger partial charge is 0.416 e. The van der Waals surface area contributed by atoms with Gasteiger partial charge in [0.05, 0.1) is 5.56 Å². The van der Waals surface area contributed by atoms with E-state index in [1.165, 1.54) is 12.1 Å². The summed E-state index contributed by atoms with van der Waals surface area (Å²) in [6, 6.07) is 4.21. The van der Waals surface area contributed by atoms with Crippen molar-refractivity contribution < 1.29 is 18.0 Å². The van der Waals surface area contributed by atoms with Gasteiger partial charge in [-0.1, -0.05) is 13.3 Å². The van der Waals surface area contributed by atoms with E-state index in [1.807, 2.05) is 0 Å². The number of nitrogens with two attached hydrogens (primary N) is 1. The number of halogens is 3. The molecule has 0 spiro atoms. The van der Waals surface area contributed by atoms with Crippen LogP contribution in [0.4, 0.5) is 13.2 Å². The summed E-state index contributed by atoms with van der Waals surface area (Å²) in [5.74, 6) is -0.0553. The van der Waals surface area contributed by atoms with Gasteiger partial charge < -0.3 is 11.1 Å². The van der Waals surface area contributed by atoms with Crippen LogP contribution in [-0.2, 0) is 6.18 Å². The van der Waals surface area contributed by atoms with Crippen LogP contribution in [0.25, 0.3) is 0 Å². The van der Waals surface area contributed by atoms with Gasteiger partial charge in [-0.05, 0) is 49.6 Å². The third kappa shape index (κ3) is 5.75. The highest BCUT2D eigenvalue weighted by molar-refractivity contribution is 5.94. The molecular formula is C15H21F3N2O. The van der Waals surface area contributed by atoms with E-state index < -0.39 is 11.7 Å². The smallest absolute Gasteiger partial charge is 0.352 e. The van der Waals surface area contributed by atoms with Crippen LogP contribution in [0.5, 0.6) is 0 Å². The molecule has 0 radical (unpaired) electrons. The number of rotatable bonds is 7. The van der Waals surface area contributed by atoms with Gasteiger partial charge in [0.15, 0.2) is 0 Å². The topological polar surface area (TPSA) is 55.1 Å². The Morgan fingerprint density at radius 3 is 2.33 bits per heavy atom. The standard InChI is InChI=1S/C15H21F3N2O/c1-2-3-11(8-9-19)10-20-14(21)12-4-6-13(7-5-12)15(16,17)18/h4-7,11H,2-3,8-10,19H2,1H3,(H,20,21). The zero-order chi connectivity index (χ0) is 15.9. The summed E-state index contributed by atoms with van der Waals surface area (Å²) in [6.07, 6.45) is -1.60. The molecule has 0 aliphatic carbocycles. The second-order valence-electron chi connectivity index (χ2n) is 5.02. The number of nitrogens with one attached hydrogen (secondary N) is 1. The highest BCUT2D eigenvalue weighted by Crippen LogP contribution is 2.29. The second-order valence-corrected chi connectivity index (χ2v) is 5.02. The zero-order valence-electron chi connectivity index (χ0n) is 12.0. The van der Waals surface area contributed by atoms with Crippen LogP contribution < -0.4 is 11.1 Å². The molecule has 1 aromatic rings. The monoisotopic (exact) mass is 302 g/mol. The van der Waals surface area contributed by atoms with Crippen LogP contribution in [0.3, 0.4) is 0 Å². The Morgan fingerprint density at radius 1 is 1.24 bits per heavy atom. The fourth-order valence-electron chi connectivity index (χ4n) is 2.14. The van der Waals surface area contributed by atoms with Crippen molar-refractivity contribution in [3.8, 4) is 0 Å². The zero-order valence-corrected chi connectivity index (χ0v) is 12.0. The van der Waals surface area contributed by atoms with Crippen molar-refractivity contribution in [2.45, 2.75) is 32.4 Å². The Morgan fingerprint density at radius 2 is 1.86 bits per heavy atom. The molecule has 118 valence electrons. The molecule has 21 heavy (non-hydrogen) atoms. The normalized spacial score (nSPS) is 13.0. The minimum Gasteiger partial charge on any atom is -0.352 e. The molecule has 3 N–H and O–H groups in total. The van der Waals surface area contributed by atoms with Gasteiger partial charge in [-0.3, -0.25) is 4.79 Å². The Hall–Kier alpha value is -1.56. The van der Waals surface area contributed by atoms with E-state index in [9.17, 15) is 18.0 Å². The highest BCUT2D eigenvalue weighted by atomic mass is 19.4. The predicted octanol–water partition coefficient (Wildman–Crippen LogP) is 3.20. The van der Waals surface area contributed by atoms with Gasteiger partial charge in [-0.25, -0.2) is 0 Å². The van der Waals surface area contributed by atoms with Gasteiger partial charge >= 0.3 is 6.18 Å². The van der Waals surface area contributed by atoms with E-state index in [-0.39, 0.29) is 11.5 Å². The first-order valence-corrected chi connectivity index (χ1v) is 7.04. The molecule has 1 unspecified atom stereocenters. The first kappa shape index (κ1) is 17.5. The van der Waals surface area contributed by atoms with Gasteiger partial charge in [0.2, 0.25) is 0 Å². The fraction of sp³-hybridized carbons (Fsp3) is 0.533. The van der Waals surface area contributed by atoms with Crippen LogP contribution in [0.1, 0.15) is 42.1 Å². The molecule has 0 fully saturated rings. The lowest BCUT2D eigenvalue weighted by molar-refractivity contribution is -0.137. The van der Waals surface area contributed by atoms with Gasteiger partial charge in [0, 0.05) is 12.1 Å².